The van der Waals surface area contributed by atoms with Crippen LogP contribution in [-0.4, -0.2) is 40.7 Å². The Labute approximate surface area is 207 Å². The molecule has 0 radical (unpaired) electrons. The summed E-state index contributed by atoms with van der Waals surface area (Å²) in [4.78, 5) is 30.9. The Kier molecular flexibility index (Phi) is 7.52. The molecule has 1 aliphatic heterocycles. The summed E-state index contributed by atoms with van der Waals surface area (Å²) in [6.07, 6.45) is 1.79. The number of carboxylic acids is 1. The Morgan fingerprint density at radius 2 is 1.86 bits per heavy atom. The summed E-state index contributed by atoms with van der Waals surface area (Å²) in [6, 6.07) is 21.7. The molecule has 0 aromatic heterocycles. The van der Waals surface area contributed by atoms with Gasteiger partial charge in [0.15, 0.2) is 16.7 Å². The van der Waals surface area contributed by atoms with E-state index in [4.69, 9.17) is 9.47 Å². The first-order chi connectivity index (χ1) is 17.0. The van der Waals surface area contributed by atoms with Gasteiger partial charge in [0.2, 0.25) is 0 Å². The molecule has 0 bridgehead atoms. The van der Waals surface area contributed by atoms with Crippen LogP contribution in [0.5, 0.6) is 11.5 Å². The van der Waals surface area contributed by atoms with Gasteiger partial charge in [0.1, 0.15) is 6.61 Å². The standard InChI is InChI=1S/C27H24N2O5S/c1-3-29-25(30)24(35-27(29)28-21-11-7-10-20(16-21)26(31)32)15-19-12-13-22(23(14-19)33-2)34-17-18-8-5-4-6-9-18/h4-16H,3,17H2,1-2H3,(H,31,32)/b24-15-,28-27?. The van der Waals surface area contributed by atoms with Crippen molar-refractivity contribution in [2.24, 2.45) is 4.99 Å². The van der Waals surface area contributed by atoms with Crippen molar-refractivity contribution in [3.05, 3.63) is 94.4 Å². The van der Waals surface area contributed by atoms with Gasteiger partial charge in [-0.2, -0.15) is 0 Å². The minimum Gasteiger partial charge on any atom is -0.493 e. The van der Waals surface area contributed by atoms with E-state index in [1.165, 1.54) is 23.9 Å². The average Bonchev–Trinajstić information content (AvgIpc) is 3.17. The van der Waals surface area contributed by atoms with E-state index in [-0.39, 0.29) is 11.5 Å². The maximum atomic E-state index is 13.0. The number of thioether (sulfide) groups is 1. The Bertz CT molecular complexity index is 1300. The van der Waals surface area contributed by atoms with Crippen LogP contribution in [0.4, 0.5) is 5.69 Å². The number of hydrogen-bond donors (Lipinski definition) is 1. The van der Waals surface area contributed by atoms with Gasteiger partial charge in [0.25, 0.3) is 5.91 Å². The van der Waals surface area contributed by atoms with E-state index in [0.29, 0.717) is 40.4 Å². The van der Waals surface area contributed by atoms with Crippen molar-refractivity contribution in [1.82, 2.24) is 4.90 Å². The third-order valence-electron chi connectivity index (χ3n) is 5.24. The quantitative estimate of drug-likeness (QED) is 0.416. The van der Waals surface area contributed by atoms with Crippen LogP contribution in [0.1, 0.15) is 28.4 Å². The van der Waals surface area contributed by atoms with Gasteiger partial charge in [-0.25, -0.2) is 9.79 Å². The van der Waals surface area contributed by atoms with E-state index in [1.54, 1.807) is 30.2 Å². The zero-order valence-corrected chi connectivity index (χ0v) is 20.1. The number of rotatable bonds is 8. The normalized spacial score (nSPS) is 15.6. The molecule has 0 unspecified atom stereocenters. The van der Waals surface area contributed by atoms with Crippen LogP contribution in [0.15, 0.2) is 82.7 Å². The molecule has 0 atom stereocenters. The molecule has 1 heterocycles. The van der Waals surface area contributed by atoms with Crippen LogP contribution in [0.3, 0.4) is 0 Å². The van der Waals surface area contributed by atoms with Crippen LogP contribution in [0.25, 0.3) is 6.08 Å². The molecular weight excluding hydrogens is 464 g/mol. The van der Waals surface area contributed by atoms with Crippen molar-refractivity contribution in [2.75, 3.05) is 13.7 Å². The number of carboxylic acid groups (broad SMARTS) is 1. The Morgan fingerprint density at radius 1 is 1.06 bits per heavy atom. The zero-order valence-electron chi connectivity index (χ0n) is 19.3. The highest BCUT2D eigenvalue weighted by Gasteiger charge is 2.32. The Hall–Kier alpha value is -4.04. The molecule has 0 aliphatic carbocycles. The fourth-order valence-electron chi connectivity index (χ4n) is 3.47. The minimum atomic E-state index is -1.03. The van der Waals surface area contributed by atoms with Crippen molar-refractivity contribution in [3.63, 3.8) is 0 Å². The lowest BCUT2D eigenvalue weighted by Crippen LogP contribution is -2.28. The van der Waals surface area contributed by atoms with Crippen LogP contribution in [0, 0.1) is 0 Å². The van der Waals surface area contributed by atoms with Gasteiger partial charge in [0.05, 0.1) is 23.3 Å². The SMILES string of the molecule is CCN1C(=O)/C(=C/c2ccc(OCc3ccccc3)c(OC)c2)SC1=Nc1cccc(C(=O)O)c1. The smallest absolute Gasteiger partial charge is 0.335 e. The van der Waals surface area contributed by atoms with E-state index >= 15 is 0 Å². The van der Waals surface area contributed by atoms with Crippen LogP contribution in [-0.2, 0) is 11.4 Å². The summed E-state index contributed by atoms with van der Waals surface area (Å²) in [6.45, 7) is 2.73. The number of amidine groups is 1. The number of nitrogens with zero attached hydrogens (tertiary/aromatic N) is 2. The predicted octanol–water partition coefficient (Wildman–Crippen LogP) is 5.60. The molecule has 0 spiro atoms. The van der Waals surface area contributed by atoms with Crippen LogP contribution >= 0.6 is 11.8 Å². The Balaban J connectivity index is 1.56. The maximum Gasteiger partial charge on any atom is 0.335 e. The van der Waals surface area contributed by atoms with Gasteiger partial charge in [0, 0.05) is 6.54 Å². The second-order valence-electron chi connectivity index (χ2n) is 7.59. The first-order valence-corrected chi connectivity index (χ1v) is 11.8. The third-order valence-corrected chi connectivity index (χ3v) is 6.25. The molecule has 3 aromatic carbocycles. The van der Waals surface area contributed by atoms with Gasteiger partial charge in [-0.1, -0.05) is 42.5 Å². The Morgan fingerprint density at radius 3 is 2.57 bits per heavy atom. The number of benzene rings is 3. The molecule has 1 fully saturated rings. The molecule has 8 heteroatoms. The molecule has 7 nitrogen and oxygen atoms in total. The summed E-state index contributed by atoms with van der Waals surface area (Å²) in [5.41, 5.74) is 2.45. The lowest BCUT2D eigenvalue weighted by atomic mass is 10.1. The molecular formula is C27H24N2O5S. The van der Waals surface area contributed by atoms with Gasteiger partial charge in [-0.15, -0.1) is 0 Å². The maximum absolute atomic E-state index is 13.0. The largest absolute Gasteiger partial charge is 0.493 e. The molecule has 0 saturated carbocycles. The number of hydrogen-bond acceptors (Lipinski definition) is 6. The number of ether oxygens (including phenoxy) is 2. The zero-order chi connectivity index (χ0) is 24.8. The number of carbonyl (C=O) groups is 2. The topological polar surface area (TPSA) is 88.4 Å². The highest BCUT2D eigenvalue weighted by atomic mass is 32.2. The van der Waals surface area contributed by atoms with E-state index in [1.807, 2.05) is 55.5 Å². The number of aromatic carboxylic acids is 1. The van der Waals surface area contributed by atoms with E-state index < -0.39 is 5.97 Å². The van der Waals surface area contributed by atoms with E-state index in [2.05, 4.69) is 4.99 Å². The van der Waals surface area contributed by atoms with Crippen LogP contribution < -0.4 is 9.47 Å². The highest BCUT2D eigenvalue weighted by Crippen LogP contribution is 2.36. The van der Waals surface area contributed by atoms with Crippen molar-refractivity contribution < 1.29 is 24.2 Å². The van der Waals surface area contributed by atoms with Gasteiger partial charge in [-0.05, 0) is 66.2 Å². The van der Waals surface area contributed by atoms with Crippen molar-refractivity contribution in [3.8, 4) is 11.5 Å². The molecule has 3 aromatic rings. The second kappa shape index (κ2) is 10.9. The first kappa shape index (κ1) is 24.1. The summed E-state index contributed by atoms with van der Waals surface area (Å²) < 4.78 is 11.4. The summed E-state index contributed by atoms with van der Waals surface area (Å²) in [5.74, 6) is -0.00797. The summed E-state index contributed by atoms with van der Waals surface area (Å²) in [5, 5.41) is 9.72. The lowest BCUT2D eigenvalue weighted by molar-refractivity contribution is -0.122. The first-order valence-electron chi connectivity index (χ1n) is 11.0. The summed E-state index contributed by atoms with van der Waals surface area (Å²) in [7, 11) is 1.58. The molecule has 1 N–H and O–H groups in total. The minimum absolute atomic E-state index is 0.140. The van der Waals surface area contributed by atoms with Crippen molar-refractivity contribution >= 4 is 40.6 Å². The molecule has 178 valence electrons. The lowest BCUT2D eigenvalue weighted by Gasteiger charge is -2.12. The summed E-state index contributed by atoms with van der Waals surface area (Å²) >= 11 is 1.25. The predicted molar refractivity (Wildman–Crippen MR) is 137 cm³/mol. The number of amides is 1. The average molecular weight is 489 g/mol. The number of aliphatic imine (C=N–C) groups is 1. The van der Waals surface area contributed by atoms with Crippen molar-refractivity contribution in [2.45, 2.75) is 13.5 Å². The highest BCUT2D eigenvalue weighted by molar-refractivity contribution is 8.18. The fraction of sp³-hybridized carbons (Fsp3) is 0.148. The van der Waals surface area contributed by atoms with Gasteiger partial charge >= 0.3 is 5.97 Å². The number of methoxy groups -OCH3 is 1. The van der Waals surface area contributed by atoms with E-state index in [9.17, 15) is 14.7 Å². The van der Waals surface area contributed by atoms with Gasteiger partial charge in [-0.3, -0.25) is 9.69 Å². The molecule has 35 heavy (non-hydrogen) atoms. The number of carbonyl (C=O) groups excluding carboxylic acids is 1. The fourth-order valence-corrected chi connectivity index (χ4v) is 4.53. The van der Waals surface area contributed by atoms with Crippen LogP contribution in [0.2, 0.25) is 0 Å². The monoisotopic (exact) mass is 488 g/mol. The molecule has 1 saturated heterocycles. The molecule has 4 rings (SSSR count). The van der Waals surface area contributed by atoms with Crippen molar-refractivity contribution in [1.29, 1.82) is 0 Å². The molecule has 1 amide bonds. The molecule has 1 aliphatic rings. The van der Waals surface area contributed by atoms with Gasteiger partial charge < -0.3 is 14.6 Å². The third kappa shape index (κ3) is 5.73. The second-order valence-corrected chi connectivity index (χ2v) is 8.60. The van der Waals surface area contributed by atoms with E-state index in [0.717, 1.165) is 11.1 Å². The number of likely N-dealkylation sites (N-methyl/N-ethyl adjacent to an activating group) is 1.